The number of nitrogens with zero attached hydrogens (tertiary/aromatic N) is 1. The Labute approximate surface area is 107 Å². The zero-order valence-electron chi connectivity index (χ0n) is 10.4. The number of carbonyl (C=O) groups is 1. The summed E-state index contributed by atoms with van der Waals surface area (Å²) in [5.74, 6) is -1.37. The van der Waals surface area contributed by atoms with Gasteiger partial charge < -0.3 is 15.2 Å². The topological polar surface area (TPSA) is 74.4 Å². The first-order valence-electron chi connectivity index (χ1n) is 5.29. The number of rotatable bonds is 4. The summed E-state index contributed by atoms with van der Waals surface area (Å²) in [7, 11) is 1.14. The fourth-order valence-electron chi connectivity index (χ4n) is 1.52. The maximum Gasteiger partial charge on any atom is 0.574 e. The number of carbonyl (C=O) groups excluding carboxylic acids is 1. The van der Waals surface area contributed by atoms with E-state index in [-0.39, 0.29) is 18.5 Å². The number of aromatic nitrogens is 1. The van der Waals surface area contributed by atoms with Gasteiger partial charge in [-0.05, 0) is 18.6 Å². The molecule has 5 nitrogen and oxygen atoms in total. The normalized spacial score (nSPS) is 11.3. The number of ether oxygens (including phenoxy) is 2. The van der Waals surface area contributed by atoms with Crippen LogP contribution < -0.4 is 10.5 Å². The molecule has 0 aliphatic carbocycles. The molecule has 2 N–H and O–H groups in total. The first kappa shape index (κ1) is 15.2. The van der Waals surface area contributed by atoms with Crippen LogP contribution in [0.2, 0.25) is 0 Å². The SMILES string of the molecule is COC(=O)Cc1c(CN)cc(C)nc1OC(F)(F)F. The molecule has 1 heterocycles. The van der Waals surface area contributed by atoms with E-state index in [0.29, 0.717) is 11.3 Å². The van der Waals surface area contributed by atoms with Crippen LogP contribution in [0.5, 0.6) is 5.88 Å². The van der Waals surface area contributed by atoms with Crippen LogP contribution in [0.25, 0.3) is 0 Å². The van der Waals surface area contributed by atoms with Gasteiger partial charge in [0, 0.05) is 17.8 Å². The minimum absolute atomic E-state index is 0.0164. The van der Waals surface area contributed by atoms with Gasteiger partial charge in [-0.15, -0.1) is 13.2 Å². The standard InChI is InChI=1S/C11H13F3N2O3/c1-6-3-7(5-15)8(4-9(17)18-2)10(16-6)19-11(12,13)14/h3H,4-5,15H2,1-2H3. The number of pyridine rings is 1. The molecule has 19 heavy (non-hydrogen) atoms. The lowest BCUT2D eigenvalue weighted by Crippen LogP contribution is -2.21. The van der Waals surface area contributed by atoms with Gasteiger partial charge in [0.15, 0.2) is 0 Å². The Morgan fingerprint density at radius 1 is 1.47 bits per heavy atom. The summed E-state index contributed by atoms with van der Waals surface area (Å²) in [6.07, 6.45) is -5.28. The predicted molar refractivity (Wildman–Crippen MR) is 59.3 cm³/mol. The summed E-state index contributed by atoms with van der Waals surface area (Å²) in [6, 6.07) is 1.50. The molecule has 0 amide bonds. The van der Waals surface area contributed by atoms with E-state index in [9.17, 15) is 18.0 Å². The summed E-state index contributed by atoms with van der Waals surface area (Å²) in [6.45, 7) is 1.47. The molecule has 0 aromatic carbocycles. The van der Waals surface area contributed by atoms with E-state index < -0.39 is 18.2 Å². The lowest BCUT2D eigenvalue weighted by atomic mass is 10.1. The van der Waals surface area contributed by atoms with Crippen molar-refractivity contribution >= 4 is 5.97 Å². The highest BCUT2D eigenvalue weighted by atomic mass is 19.4. The van der Waals surface area contributed by atoms with Gasteiger partial charge in [0.25, 0.3) is 0 Å². The molecule has 1 aromatic rings. The van der Waals surface area contributed by atoms with Gasteiger partial charge >= 0.3 is 12.3 Å². The van der Waals surface area contributed by atoms with Crippen LogP contribution in [0.15, 0.2) is 6.07 Å². The third-order valence-corrected chi connectivity index (χ3v) is 2.29. The van der Waals surface area contributed by atoms with Crippen molar-refractivity contribution in [3.8, 4) is 5.88 Å². The van der Waals surface area contributed by atoms with Gasteiger partial charge in [-0.3, -0.25) is 4.79 Å². The molecule has 0 radical (unpaired) electrons. The molecule has 8 heteroatoms. The molecule has 1 aromatic heterocycles. The minimum atomic E-state index is -4.89. The van der Waals surface area contributed by atoms with Crippen molar-refractivity contribution in [2.45, 2.75) is 26.3 Å². The summed E-state index contributed by atoms with van der Waals surface area (Å²) in [4.78, 5) is 14.9. The quantitative estimate of drug-likeness (QED) is 0.844. The van der Waals surface area contributed by atoms with Crippen molar-refractivity contribution in [1.29, 1.82) is 0 Å². The van der Waals surface area contributed by atoms with E-state index in [2.05, 4.69) is 14.5 Å². The van der Waals surface area contributed by atoms with E-state index >= 15 is 0 Å². The number of methoxy groups -OCH3 is 1. The van der Waals surface area contributed by atoms with Crippen molar-refractivity contribution in [1.82, 2.24) is 4.98 Å². The molecule has 106 valence electrons. The monoisotopic (exact) mass is 278 g/mol. The van der Waals surface area contributed by atoms with Crippen LogP contribution in [0.1, 0.15) is 16.8 Å². The Bertz CT molecular complexity index is 475. The number of nitrogens with two attached hydrogens (primary N) is 1. The molecule has 0 bridgehead atoms. The molecule has 1 rings (SSSR count). The van der Waals surface area contributed by atoms with Crippen LogP contribution in [0, 0.1) is 6.92 Å². The largest absolute Gasteiger partial charge is 0.574 e. The number of alkyl halides is 3. The molecule has 0 atom stereocenters. The summed E-state index contributed by atoms with van der Waals surface area (Å²) in [5, 5.41) is 0. The fourth-order valence-corrected chi connectivity index (χ4v) is 1.52. The molecule has 0 saturated heterocycles. The lowest BCUT2D eigenvalue weighted by molar-refractivity contribution is -0.276. The molecule has 0 unspecified atom stereocenters. The summed E-state index contributed by atoms with van der Waals surface area (Å²) < 4.78 is 45.1. The Kier molecular flexibility index (Phi) is 4.71. The van der Waals surface area contributed by atoms with Crippen molar-refractivity contribution in [3.63, 3.8) is 0 Å². The van der Waals surface area contributed by atoms with Crippen LogP contribution in [0.4, 0.5) is 13.2 Å². The van der Waals surface area contributed by atoms with E-state index in [0.717, 1.165) is 7.11 Å². The molecular formula is C11H13F3N2O3. The first-order chi connectivity index (χ1) is 8.76. The third-order valence-electron chi connectivity index (χ3n) is 2.29. The number of hydrogen-bond donors (Lipinski definition) is 1. The molecule has 0 saturated carbocycles. The van der Waals surface area contributed by atoms with E-state index in [1.807, 2.05) is 0 Å². The van der Waals surface area contributed by atoms with Gasteiger partial charge in [0.2, 0.25) is 5.88 Å². The summed E-state index contributed by atoms with van der Waals surface area (Å²) in [5.41, 5.74) is 6.11. The van der Waals surface area contributed by atoms with Crippen molar-refractivity contribution < 1.29 is 27.4 Å². The Morgan fingerprint density at radius 2 is 2.11 bits per heavy atom. The zero-order valence-corrected chi connectivity index (χ0v) is 10.4. The van der Waals surface area contributed by atoms with Gasteiger partial charge in [-0.25, -0.2) is 4.98 Å². The van der Waals surface area contributed by atoms with E-state index in [4.69, 9.17) is 5.73 Å². The average Bonchev–Trinajstić information content (AvgIpc) is 2.29. The van der Waals surface area contributed by atoms with Crippen molar-refractivity contribution in [2.24, 2.45) is 5.73 Å². The maximum atomic E-state index is 12.3. The van der Waals surface area contributed by atoms with Crippen LogP contribution in [-0.4, -0.2) is 24.4 Å². The fraction of sp³-hybridized carbons (Fsp3) is 0.455. The highest BCUT2D eigenvalue weighted by Crippen LogP contribution is 2.28. The van der Waals surface area contributed by atoms with E-state index in [1.54, 1.807) is 0 Å². The molecule has 0 aliphatic heterocycles. The van der Waals surface area contributed by atoms with Crippen molar-refractivity contribution in [2.75, 3.05) is 7.11 Å². The molecule has 0 aliphatic rings. The third kappa shape index (κ3) is 4.40. The minimum Gasteiger partial charge on any atom is -0.469 e. The Balaban J connectivity index is 3.25. The Morgan fingerprint density at radius 3 is 2.58 bits per heavy atom. The van der Waals surface area contributed by atoms with Crippen LogP contribution in [0.3, 0.4) is 0 Å². The predicted octanol–water partition coefficient (Wildman–Crippen LogP) is 1.46. The number of halogens is 3. The van der Waals surface area contributed by atoms with Crippen LogP contribution >= 0.6 is 0 Å². The summed E-state index contributed by atoms with van der Waals surface area (Å²) >= 11 is 0. The number of aryl methyl sites for hydroxylation is 1. The smallest absolute Gasteiger partial charge is 0.469 e. The highest BCUT2D eigenvalue weighted by molar-refractivity contribution is 5.73. The Hall–Kier alpha value is -1.83. The van der Waals surface area contributed by atoms with Gasteiger partial charge in [0.05, 0.1) is 13.5 Å². The molecular weight excluding hydrogens is 265 g/mol. The van der Waals surface area contributed by atoms with E-state index in [1.165, 1.54) is 13.0 Å². The average molecular weight is 278 g/mol. The lowest BCUT2D eigenvalue weighted by Gasteiger charge is -2.15. The highest BCUT2D eigenvalue weighted by Gasteiger charge is 2.33. The zero-order chi connectivity index (χ0) is 14.6. The second-order valence-corrected chi connectivity index (χ2v) is 3.71. The maximum absolute atomic E-state index is 12.3. The molecule has 0 fully saturated rings. The van der Waals surface area contributed by atoms with Gasteiger partial charge in [-0.1, -0.05) is 0 Å². The van der Waals surface area contributed by atoms with Gasteiger partial charge in [-0.2, -0.15) is 0 Å². The van der Waals surface area contributed by atoms with Crippen molar-refractivity contribution in [3.05, 3.63) is 22.9 Å². The molecule has 0 spiro atoms. The van der Waals surface area contributed by atoms with Gasteiger partial charge in [0.1, 0.15) is 0 Å². The first-order valence-corrected chi connectivity index (χ1v) is 5.29. The second-order valence-electron chi connectivity index (χ2n) is 3.71. The second kappa shape index (κ2) is 5.87. The number of hydrogen-bond acceptors (Lipinski definition) is 5. The van der Waals surface area contributed by atoms with Crippen LogP contribution in [-0.2, 0) is 22.5 Å². The number of esters is 1.